The van der Waals surface area contributed by atoms with Gasteiger partial charge in [0.25, 0.3) is 0 Å². The summed E-state index contributed by atoms with van der Waals surface area (Å²) in [7, 11) is 1.61. The Morgan fingerprint density at radius 1 is 0.895 bits per heavy atom. The lowest BCUT2D eigenvalue weighted by atomic mass is 10.2. The van der Waals surface area contributed by atoms with Gasteiger partial charge in [-0.05, 0) is 24.3 Å². The molecule has 0 aromatic heterocycles. The third-order valence-corrected chi connectivity index (χ3v) is 2.54. The van der Waals surface area contributed by atoms with E-state index < -0.39 is 0 Å². The average Bonchev–Trinajstić information content (AvgIpc) is 2.45. The van der Waals surface area contributed by atoms with Crippen LogP contribution in [0, 0.1) is 0 Å². The summed E-state index contributed by atoms with van der Waals surface area (Å²) >= 11 is 0. The maximum atomic E-state index is 9.55. The highest BCUT2D eigenvalue weighted by molar-refractivity contribution is 5.86. The van der Waals surface area contributed by atoms with Crippen LogP contribution in [0.2, 0.25) is 0 Å². The monoisotopic (exact) mass is 254 g/mol. The Kier molecular flexibility index (Phi) is 4.29. The van der Waals surface area contributed by atoms with Gasteiger partial charge >= 0.3 is 0 Å². The molecule has 0 atom stereocenters. The van der Waals surface area contributed by atoms with Crippen LogP contribution in [0.3, 0.4) is 0 Å². The van der Waals surface area contributed by atoms with Crippen molar-refractivity contribution >= 4 is 12.4 Å². The van der Waals surface area contributed by atoms with E-state index in [1.54, 1.807) is 31.5 Å². The van der Waals surface area contributed by atoms with Crippen molar-refractivity contribution in [1.29, 1.82) is 0 Å². The minimum Gasteiger partial charge on any atom is -0.507 e. The first-order valence-electron chi connectivity index (χ1n) is 5.78. The molecule has 19 heavy (non-hydrogen) atoms. The zero-order valence-electron chi connectivity index (χ0n) is 10.5. The van der Waals surface area contributed by atoms with Crippen molar-refractivity contribution < 1.29 is 9.84 Å². The summed E-state index contributed by atoms with van der Waals surface area (Å²) in [6.45, 7) is 0. The van der Waals surface area contributed by atoms with Crippen LogP contribution in [0.15, 0.2) is 58.7 Å². The SMILES string of the molecule is COc1ccccc1/C=N\N=C\c1ccccc1O. The second-order valence-electron chi connectivity index (χ2n) is 3.79. The lowest BCUT2D eigenvalue weighted by Crippen LogP contribution is -1.89. The van der Waals surface area contributed by atoms with Gasteiger partial charge in [-0.3, -0.25) is 0 Å². The zero-order valence-corrected chi connectivity index (χ0v) is 10.5. The van der Waals surface area contributed by atoms with Gasteiger partial charge in [0, 0.05) is 11.1 Å². The van der Waals surface area contributed by atoms with Crippen LogP contribution in [0.1, 0.15) is 11.1 Å². The Balaban J connectivity index is 2.10. The number of phenols is 1. The molecule has 2 rings (SSSR count). The van der Waals surface area contributed by atoms with Crippen LogP contribution in [0.4, 0.5) is 0 Å². The number of nitrogens with zero attached hydrogens (tertiary/aromatic N) is 2. The van der Waals surface area contributed by atoms with Crippen LogP contribution in [0.5, 0.6) is 11.5 Å². The highest BCUT2D eigenvalue weighted by Crippen LogP contribution is 2.15. The Bertz CT molecular complexity index is 607. The highest BCUT2D eigenvalue weighted by Gasteiger charge is 1.97. The van der Waals surface area contributed by atoms with Crippen molar-refractivity contribution in [1.82, 2.24) is 0 Å². The molecule has 0 aliphatic rings. The van der Waals surface area contributed by atoms with Crippen LogP contribution in [-0.2, 0) is 0 Å². The summed E-state index contributed by atoms with van der Waals surface area (Å²) in [5.74, 6) is 0.919. The Hall–Kier alpha value is -2.62. The van der Waals surface area contributed by atoms with Gasteiger partial charge in [0.1, 0.15) is 11.5 Å². The van der Waals surface area contributed by atoms with E-state index in [2.05, 4.69) is 10.2 Å². The second-order valence-corrected chi connectivity index (χ2v) is 3.79. The molecule has 2 aromatic carbocycles. The van der Waals surface area contributed by atoms with Crippen molar-refractivity contribution in [2.75, 3.05) is 7.11 Å². The molecule has 1 N–H and O–H groups in total. The first kappa shape index (κ1) is 12.8. The van der Waals surface area contributed by atoms with Crippen LogP contribution < -0.4 is 4.74 Å². The smallest absolute Gasteiger partial charge is 0.127 e. The van der Waals surface area contributed by atoms with Gasteiger partial charge in [-0.2, -0.15) is 10.2 Å². The largest absolute Gasteiger partial charge is 0.507 e. The summed E-state index contributed by atoms with van der Waals surface area (Å²) in [5.41, 5.74) is 1.47. The lowest BCUT2D eigenvalue weighted by molar-refractivity contribution is 0.414. The van der Waals surface area contributed by atoms with Crippen LogP contribution in [-0.4, -0.2) is 24.6 Å². The van der Waals surface area contributed by atoms with E-state index in [-0.39, 0.29) is 5.75 Å². The number of methoxy groups -OCH3 is 1. The first-order chi connectivity index (χ1) is 9.31. The standard InChI is InChI=1S/C15H14N2O2/c1-19-15-9-5-3-7-13(15)11-17-16-10-12-6-2-4-8-14(12)18/h2-11,18H,1H3/b16-10+,17-11-. The number of phenolic OH excluding ortho intramolecular Hbond substituents is 1. The minimum atomic E-state index is 0.179. The number of aromatic hydroxyl groups is 1. The third-order valence-electron chi connectivity index (χ3n) is 2.54. The molecule has 4 nitrogen and oxygen atoms in total. The molecule has 0 spiro atoms. The quantitative estimate of drug-likeness (QED) is 0.673. The topological polar surface area (TPSA) is 54.2 Å². The van der Waals surface area contributed by atoms with E-state index in [1.807, 2.05) is 30.3 Å². The predicted octanol–water partition coefficient (Wildman–Crippen LogP) is 2.85. The van der Waals surface area contributed by atoms with Crippen molar-refractivity contribution in [3.05, 3.63) is 59.7 Å². The molecule has 0 heterocycles. The number of para-hydroxylation sites is 2. The molecule has 0 amide bonds. The van der Waals surface area contributed by atoms with Crippen molar-refractivity contribution in [3.63, 3.8) is 0 Å². The Labute approximate surface area is 111 Å². The lowest BCUT2D eigenvalue weighted by Gasteiger charge is -2.01. The van der Waals surface area contributed by atoms with E-state index in [9.17, 15) is 5.11 Å². The fraction of sp³-hybridized carbons (Fsp3) is 0.0667. The van der Waals surface area contributed by atoms with E-state index in [1.165, 1.54) is 6.21 Å². The molecule has 0 fully saturated rings. The van der Waals surface area contributed by atoms with Gasteiger partial charge in [0.2, 0.25) is 0 Å². The summed E-state index contributed by atoms with van der Waals surface area (Å²) in [4.78, 5) is 0. The van der Waals surface area contributed by atoms with E-state index in [4.69, 9.17) is 4.74 Å². The van der Waals surface area contributed by atoms with Crippen molar-refractivity contribution in [2.24, 2.45) is 10.2 Å². The molecule has 96 valence electrons. The number of hydrogen-bond acceptors (Lipinski definition) is 4. The number of ether oxygens (including phenoxy) is 1. The van der Waals surface area contributed by atoms with Gasteiger partial charge < -0.3 is 9.84 Å². The minimum absolute atomic E-state index is 0.179. The predicted molar refractivity (Wildman–Crippen MR) is 76.3 cm³/mol. The normalized spacial score (nSPS) is 11.2. The molecule has 0 bridgehead atoms. The van der Waals surface area contributed by atoms with Crippen LogP contribution in [0.25, 0.3) is 0 Å². The number of rotatable bonds is 4. The highest BCUT2D eigenvalue weighted by atomic mass is 16.5. The number of hydrogen-bond donors (Lipinski definition) is 1. The zero-order chi connectivity index (χ0) is 13.5. The summed E-state index contributed by atoms with van der Waals surface area (Å²) in [5, 5.41) is 17.4. The van der Waals surface area contributed by atoms with Crippen LogP contribution >= 0.6 is 0 Å². The number of benzene rings is 2. The molecule has 0 saturated heterocycles. The molecule has 4 heteroatoms. The second kappa shape index (κ2) is 6.35. The van der Waals surface area contributed by atoms with Gasteiger partial charge in [-0.25, -0.2) is 0 Å². The van der Waals surface area contributed by atoms with Gasteiger partial charge in [0.15, 0.2) is 0 Å². The van der Waals surface area contributed by atoms with Crippen molar-refractivity contribution in [2.45, 2.75) is 0 Å². The van der Waals surface area contributed by atoms with Crippen molar-refractivity contribution in [3.8, 4) is 11.5 Å². The molecule has 0 aliphatic heterocycles. The molecular formula is C15H14N2O2. The summed E-state index contributed by atoms with van der Waals surface area (Å²) in [6, 6.07) is 14.5. The first-order valence-corrected chi connectivity index (χ1v) is 5.78. The van der Waals surface area contributed by atoms with Gasteiger partial charge in [-0.1, -0.05) is 24.3 Å². The molecule has 0 saturated carbocycles. The maximum Gasteiger partial charge on any atom is 0.127 e. The van der Waals surface area contributed by atoms with E-state index in [0.29, 0.717) is 5.56 Å². The molecular weight excluding hydrogens is 240 g/mol. The summed E-state index contributed by atoms with van der Waals surface area (Å²) < 4.78 is 5.20. The Morgan fingerprint density at radius 2 is 1.47 bits per heavy atom. The Morgan fingerprint density at radius 3 is 2.16 bits per heavy atom. The van der Waals surface area contributed by atoms with Gasteiger partial charge in [0.05, 0.1) is 19.5 Å². The molecule has 0 radical (unpaired) electrons. The molecule has 0 unspecified atom stereocenters. The third kappa shape index (κ3) is 3.42. The molecule has 0 aliphatic carbocycles. The fourth-order valence-corrected chi connectivity index (χ4v) is 1.56. The van der Waals surface area contributed by atoms with E-state index >= 15 is 0 Å². The van der Waals surface area contributed by atoms with E-state index in [0.717, 1.165) is 11.3 Å². The summed E-state index contributed by atoms with van der Waals surface area (Å²) in [6.07, 6.45) is 3.11. The molecule has 2 aromatic rings. The van der Waals surface area contributed by atoms with Gasteiger partial charge in [-0.15, -0.1) is 0 Å². The fourth-order valence-electron chi connectivity index (χ4n) is 1.56. The average molecular weight is 254 g/mol. The maximum absolute atomic E-state index is 9.55.